The van der Waals surface area contributed by atoms with Crippen molar-refractivity contribution in [3.05, 3.63) is 48.3 Å². The van der Waals surface area contributed by atoms with Gasteiger partial charge in [0.1, 0.15) is 0 Å². The van der Waals surface area contributed by atoms with Gasteiger partial charge in [0, 0.05) is 36.1 Å². The summed E-state index contributed by atoms with van der Waals surface area (Å²) < 4.78 is 1.87. The van der Waals surface area contributed by atoms with E-state index in [4.69, 9.17) is 0 Å². The van der Waals surface area contributed by atoms with Crippen molar-refractivity contribution in [3.63, 3.8) is 0 Å². The van der Waals surface area contributed by atoms with E-state index >= 15 is 0 Å². The number of nitrogens with zero attached hydrogens (tertiary/aromatic N) is 2. The standard InChI is InChI=1S/C16H20N4OS/c21-16(17-8-3-10-20-11-4-9-18-20)19-14-7-12-22-15-6-2-1-5-13(14)15/h1-2,4-6,9,11,14H,3,7-8,10,12H2,(H2,17,19,21)/t14-/m1/s1. The monoisotopic (exact) mass is 316 g/mol. The van der Waals surface area contributed by atoms with Gasteiger partial charge in [0.05, 0.1) is 6.04 Å². The third-order valence-corrected chi connectivity index (χ3v) is 4.80. The van der Waals surface area contributed by atoms with E-state index in [0.717, 1.165) is 25.1 Å². The second-order valence-electron chi connectivity index (χ2n) is 5.25. The smallest absolute Gasteiger partial charge is 0.315 e. The number of amides is 2. The molecule has 0 fully saturated rings. The summed E-state index contributed by atoms with van der Waals surface area (Å²) in [5, 5.41) is 10.1. The highest BCUT2D eigenvalue weighted by molar-refractivity contribution is 7.99. The van der Waals surface area contributed by atoms with Gasteiger partial charge in [-0.3, -0.25) is 4.68 Å². The van der Waals surface area contributed by atoms with E-state index in [0.29, 0.717) is 6.54 Å². The zero-order valence-corrected chi connectivity index (χ0v) is 13.2. The van der Waals surface area contributed by atoms with E-state index in [2.05, 4.69) is 27.9 Å². The molecule has 1 aliphatic heterocycles. The van der Waals surface area contributed by atoms with Gasteiger partial charge in [-0.05, 0) is 30.5 Å². The summed E-state index contributed by atoms with van der Waals surface area (Å²) in [5.74, 6) is 1.04. The number of fused-ring (bicyclic) bond motifs is 1. The van der Waals surface area contributed by atoms with Crippen molar-refractivity contribution in [2.45, 2.75) is 30.3 Å². The summed E-state index contributed by atoms with van der Waals surface area (Å²) in [6.07, 6.45) is 5.53. The Bertz CT molecular complexity index is 614. The molecule has 0 bridgehead atoms. The molecule has 6 heteroatoms. The highest BCUT2D eigenvalue weighted by atomic mass is 32.2. The minimum Gasteiger partial charge on any atom is -0.338 e. The van der Waals surface area contributed by atoms with Crippen LogP contribution >= 0.6 is 11.8 Å². The molecule has 0 saturated carbocycles. The topological polar surface area (TPSA) is 59.0 Å². The molecule has 2 aromatic rings. The molecule has 1 aliphatic rings. The number of hydrogen-bond donors (Lipinski definition) is 2. The maximum Gasteiger partial charge on any atom is 0.315 e. The molecule has 3 rings (SSSR count). The molecular weight excluding hydrogens is 296 g/mol. The van der Waals surface area contributed by atoms with Crippen LogP contribution in [0.15, 0.2) is 47.6 Å². The minimum absolute atomic E-state index is 0.0906. The Morgan fingerprint density at radius 3 is 3.14 bits per heavy atom. The second kappa shape index (κ2) is 7.35. The van der Waals surface area contributed by atoms with Crippen LogP contribution in [0.5, 0.6) is 0 Å². The van der Waals surface area contributed by atoms with Gasteiger partial charge in [0.25, 0.3) is 0 Å². The molecule has 0 unspecified atom stereocenters. The summed E-state index contributed by atoms with van der Waals surface area (Å²) in [4.78, 5) is 13.3. The van der Waals surface area contributed by atoms with E-state index in [-0.39, 0.29) is 12.1 Å². The van der Waals surface area contributed by atoms with E-state index in [1.807, 2.05) is 40.8 Å². The molecule has 116 valence electrons. The number of thioether (sulfide) groups is 1. The van der Waals surface area contributed by atoms with Gasteiger partial charge in [0.15, 0.2) is 0 Å². The number of aryl methyl sites for hydroxylation is 1. The fourth-order valence-electron chi connectivity index (χ4n) is 2.58. The lowest BCUT2D eigenvalue weighted by molar-refractivity contribution is 0.236. The van der Waals surface area contributed by atoms with Crippen LogP contribution in [0.2, 0.25) is 0 Å². The van der Waals surface area contributed by atoms with E-state index < -0.39 is 0 Å². The number of carbonyl (C=O) groups excluding carboxylic acids is 1. The van der Waals surface area contributed by atoms with Crippen molar-refractivity contribution in [1.29, 1.82) is 0 Å². The normalized spacial score (nSPS) is 16.8. The van der Waals surface area contributed by atoms with Gasteiger partial charge < -0.3 is 10.6 Å². The van der Waals surface area contributed by atoms with Gasteiger partial charge in [-0.25, -0.2) is 4.79 Å². The van der Waals surface area contributed by atoms with Crippen LogP contribution in [0.25, 0.3) is 0 Å². The molecule has 0 spiro atoms. The molecule has 22 heavy (non-hydrogen) atoms. The second-order valence-corrected chi connectivity index (χ2v) is 6.39. The lowest BCUT2D eigenvalue weighted by Crippen LogP contribution is -2.39. The first-order valence-electron chi connectivity index (χ1n) is 7.56. The molecule has 1 atom stereocenters. The van der Waals surface area contributed by atoms with Gasteiger partial charge in [0.2, 0.25) is 0 Å². The van der Waals surface area contributed by atoms with E-state index in [9.17, 15) is 4.79 Å². The third-order valence-electron chi connectivity index (χ3n) is 3.67. The summed E-state index contributed by atoms with van der Waals surface area (Å²) >= 11 is 1.86. The third kappa shape index (κ3) is 3.82. The molecule has 1 aromatic carbocycles. The molecule has 1 aromatic heterocycles. The van der Waals surface area contributed by atoms with Crippen LogP contribution in [-0.4, -0.2) is 28.1 Å². The molecule has 2 amide bonds. The predicted octanol–water partition coefficient (Wildman–Crippen LogP) is 2.81. The largest absolute Gasteiger partial charge is 0.338 e. The zero-order valence-electron chi connectivity index (χ0n) is 12.4. The fraction of sp³-hybridized carbons (Fsp3) is 0.375. The van der Waals surface area contributed by atoms with Crippen molar-refractivity contribution < 1.29 is 4.79 Å². The molecular formula is C16H20N4OS. The summed E-state index contributed by atoms with van der Waals surface area (Å²) in [5.41, 5.74) is 1.23. The van der Waals surface area contributed by atoms with Crippen molar-refractivity contribution >= 4 is 17.8 Å². The van der Waals surface area contributed by atoms with Gasteiger partial charge in [-0.2, -0.15) is 5.10 Å². The van der Waals surface area contributed by atoms with Gasteiger partial charge in [-0.15, -0.1) is 11.8 Å². The number of benzene rings is 1. The maximum absolute atomic E-state index is 12.0. The van der Waals surface area contributed by atoms with Crippen molar-refractivity contribution in [1.82, 2.24) is 20.4 Å². The Labute approximate surface area is 134 Å². The Balaban J connectivity index is 1.44. The Morgan fingerprint density at radius 1 is 1.36 bits per heavy atom. The molecule has 0 aliphatic carbocycles. The van der Waals surface area contributed by atoms with Crippen LogP contribution in [0.4, 0.5) is 4.79 Å². The number of hydrogen-bond acceptors (Lipinski definition) is 3. The predicted molar refractivity (Wildman–Crippen MR) is 87.9 cm³/mol. The molecule has 2 N–H and O–H groups in total. The lowest BCUT2D eigenvalue weighted by Gasteiger charge is -2.25. The summed E-state index contributed by atoms with van der Waals surface area (Å²) in [6.45, 7) is 1.46. The Morgan fingerprint density at radius 2 is 2.27 bits per heavy atom. The average Bonchev–Trinajstić information content (AvgIpc) is 3.05. The number of carbonyl (C=O) groups is 1. The SMILES string of the molecule is O=C(NCCCn1cccn1)N[C@@H]1CCSc2ccccc21. The highest BCUT2D eigenvalue weighted by Gasteiger charge is 2.21. The lowest BCUT2D eigenvalue weighted by atomic mass is 10.0. The van der Waals surface area contributed by atoms with E-state index in [1.54, 1.807) is 6.20 Å². The summed E-state index contributed by atoms with van der Waals surface area (Å²) in [7, 11) is 0. The van der Waals surface area contributed by atoms with Gasteiger partial charge in [-0.1, -0.05) is 18.2 Å². The first-order chi connectivity index (χ1) is 10.8. The number of aromatic nitrogens is 2. The number of nitrogens with one attached hydrogen (secondary N) is 2. The van der Waals surface area contributed by atoms with Crippen LogP contribution < -0.4 is 10.6 Å². The van der Waals surface area contributed by atoms with Crippen LogP contribution in [0.3, 0.4) is 0 Å². The van der Waals surface area contributed by atoms with Crippen LogP contribution in [-0.2, 0) is 6.54 Å². The quantitative estimate of drug-likeness (QED) is 0.834. The van der Waals surface area contributed by atoms with Crippen molar-refractivity contribution in [3.8, 4) is 0 Å². The first-order valence-corrected chi connectivity index (χ1v) is 8.55. The first kappa shape index (κ1) is 15.0. The average molecular weight is 316 g/mol. The molecule has 5 nitrogen and oxygen atoms in total. The van der Waals surface area contributed by atoms with Crippen molar-refractivity contribution in [2.24, 2.45) is 0 Å². The Kier molecular flexibility index (Phi) is 5.00. The molecule has 2 heterocycles. The van der Waals surface area contributed by atoms with Crippen LogP contribution in [0, 0.1) is 0 Å². The Hall–Kier alpha value is -1.95. The number of rotatable bonds is 5. The van der Waals surface area contributed by atoms with Gasteiger partial charge >= 0.3 is 6.03 Å². The van der Waals surface area contributed by atoms with E-state index in [1.165, 1.54) is 10.5 Å². The van der Waals surface area contributed by atoms with Crippen molar-refractivity contribution in [2.75, 3.05) is 12.3 Å². The fourth-order valence-corrected chi connectivity index (χ4v) is 3.70. The molecule has 0 saturated heterocycles. The minimum atomic E-state index is -0.0906. The highest BCUT2D eigenvalue weighted by Crippen LogP contribution is 2.35. The zero-order chi connectivity index (χ0) is 15.2. The number of urea groups is 1. The molecule has 0 radical (unpaired) electrons. The maximum atomic E-state index is 12.0. The van der Waals surface area contributed by atoms with Crippen LogP contribution in [0.1, 0.15) is 24.4 Å². The summed E-state index contributed by atoms with van der Waals surface area (Å²) in [6, 6.07) is 10.2.